The molecule has 0 spiro atoms. The van der Waals surface area contributed by atoms with Crippen molar-refractivity contribution in [2.24, 2.45) is 17.1 Å². The minimum atomic E-state index is -0.827. The molecule has 1 saturated heterocycles. The van der Waals surface area contributed by atoms with Crippen molar-refractivity contribution in [3.05, 3.63) is 11.8 Å². The van der Waals surface area contributed by atoms with Crippen molar-refractivity contribution in [3.63, 3.8) is 0 Å². The summed E-state index contributed by atoms with van der Waals surface area (Å²) < 4.78 is 2.36. The Bertz CT molecular complexity index is 563. The minimum absolute atomic E-state index is 0.181. The molecule has 0 aromatic rings. The third-order valence-electron chi connectivity index (χ3n) is 5.48. The number of nitrogens with zero attached hydrogens (tertiary/aromatic N) is 2. The molecule has 0 aliphatic carbocycles. The molecular weight excluding hydrogens is 364 g/mol. The van der Waals surface area contributed by atoms with Gasteiger partial charge >= 0.3 is 0 Å². The lowest BCUT2D eigenvalue weighted by molar-refractivity contribution is -0.135. The number of aliphatic hydroxyl groups is 1. The summed E-state index contributed by atoms with van der Waals surface area (Å²) in [5.41, 5.74) is 4.57. The van der Waals surface area contributed by atoms with Gasteiger partial charge in [0.05, 0.1) is 12.1 Å². The summed E-state index contributed by atoms with van der Waals surface area (Å²) in [4.78, 5) is 26.9. The van der Waals surface area contributed by atoms with E-state index in [1.807, 2.05) is 25.8 Å². The van der Waals surface area contributed by atoms with Crippen LogP contribution in [0.2, 0.25) is 0 Å². The molecule has 1 aliphatic heterocycles. The van der Waals surface area contributed by atoms with Crippen molar-refractivity contribution in [1.29, 1.82) is 0 Å². The molecule has 0 bridgehead atoms. The molecule has 0 aromatic carbocycles. The van der Waals surface area contributed by atoms with Crippen molar-refractivity contribution in [3.8, 4) is 0 Å². The maximum Gasteiger partial charge on any atom is 0.252 e. The standard InChI is InChI=1S/C19H36N4O3S/c1-18(2,13-24)15(20)10-16(25)21-17(26)19(3,4)22(5)11-14-8-7-9-23(12-14)27-6/h10,14,24H,7-9,11-13,20H2,1-6H3,(H,21,25,26)/t14-/m0/s1. The summed E-state index contributed by atoms with van der Waals surface area (Å²) in [7, 11) is 1.92. The van der Waals surface area contributed by atoms with Gasteiger partial charge in [-0.2, -0.15) is 0 Å². The molecule has 8 heteroatoms. The summed E-state index contributed by atoms with van der Waals surface area (Å²) in [6, 6.07) is 0. The number of carbonyl (C=O) groups excluding carboxylic acids is 2. The Labute approximate surface area is 167 Å². The van der Waals surface area contributed by atoms with E-state index >= 15 is 0 Å². The zero-order valence-electron chi connectivity index (χ0n) is 17.5. The molecule has 0 aromatic heterocycles. The van der Waals surface area contributed by atoms with Gasteiger partial charge in [0, 0.05) is 36.8 Å². The van der Waals surface area contributed by atoms with Crippen LogP contribution in [0.15, 0.2) is 11.8 Å². The van der Waals surface area contributed by atoms with Gasteiger partial charge in [-0.1, -0.05) is 25.8 Å². The lowest BCUT2D eigenvalue weighted by Crippen LogP contribution is -2.56. The zero-order chi connectivity index (χ0) is 20.8. The van der Waals surface area contributed by atoms with E-state index in [1.54, 1.807) is 25.8 Å². The maximum absolute atomic E-state index is 12.7. The van der Waals surface area contributed by atoms with E-state index in [1.165, 1.54) is 6.08 Å². The fourth-order valence-electron chi connectivity index (χ4n) is 2.86. The number of likely N-dealkylation sites (N-methyl/N-ethyl adjacent to an activating group) is 1. The Hall–Kier alpha value is -1.09. The summed E-state index contributed by atoms with van der Waals surface area (Å²) in [5.74, 6) is -0.426. The highest BCUT2D eigenvalue weighted by atomic mass is 32.2. The van der Waals surface area contributed by atoms with E-state index in [2.05, 4.69) is 15.9 Å². The molecular formula is C19H36N4O3S. The van der Waals surface area contributed by atoms with Crippen molar-refractivity contribution in [2.45, 2.75) is 46.1 Å². The van der Waals surface area contributed by atoms with Crippen molar-refractivity contribution >= 4 is 23.8 Å². The van der Waals surface area contributed by atoms with Gasteiger partial charge in [0.1, 0.15) is 0 Å². The third kappa shape index (κ3) is 6.78. The van der Waals surface area contributed by atoms with Gasteiger partial charge in [-0.15, -0.1) is 0 Å². The number of imide groups is 1. The molecule has 27 heavy (non-hydrogen) atoms. The fourth-order valence-corrected chi connectivity index (χ4v) is 3.53. The normalized spacial score (nSPS) is 20.0. The van der Waals surface area contributed by atoms with Crippen LogP contribution in [-0.2, 0) is 9.59 Å². The molecule has 7 nitrogen and oxygen atoms in total. The fraction of sp³-hybridized carbons (Fsp3) is 0.789. The van der Waals surface area contributed by atoms with E-state index < -0.39 is 16.9 Å². The molecule has 1 atom stereocenters. The second-order valence-corrected chi connectivity index (χ2v) is 9.36. The molecule has 156 valence electrons. The number of nitrogens with two attached hydrogens (primary N) is 1. The van der Waals surface area contributed by atoms with E-state index in [-0.39, 0.29) is 18.2 Å². The van der Waals surface area contributed by atoms with Gasteiger partial charge in [-0.3, -0.25) is 24.1 Å². The third-order valence-corrected chi connectivity index (χ3v) is 6.33. The molecule has 0 unspecified atom stereocenters. The molecule has 0 saturated carbocycles. The van der Waals surface area contributed by atoms with Crippen LogP contribution in [-0.4, -0.2) is 71.2 Å². The summed E-state index contributed by atoms with van der Waals surface area (Å²) in [6.45, 7) is 9.82. The first-order valence-corrected chi connectivity index (χ1v) is 10.6. The topological polar surface area (TPSA) is 98.9 Å². The van der Waals surface area contributed by atoms with Crippen LogP contribution >= 0.6 is 11.9 Å². The number of rotatable bonds is 8. The van der Waals surface area contributed by atoms with Gasteiger partial charge in [-0.05, 0) is 45.9 Å². The Morgan fingerprint density at radius 1 is 1.37 bits per heavy atom. The largest absolute Gasteiger partial charge is 0.401 e. The highest BCUT2D eigenvalue weighted by molar-refractivity contribution is 7.96. The predicted octanol–water partition coefficient (Wildman–Crippen LogP) is 1.19. The molecule has 1 heterocycles. The molecule has 2 amide bonds. The van der Waals surface area contributed by atoms with Crippen LogP contribution in [0, 0.1) is 11.3 Å². The van der Waals surface area contributed by atoms with Crippen LogP contribution in [0.25, 0.3) is 0 Å². The first-order chi connectivity index (χ1) is 12.4. The number of amides is 2. The van der Waals surface area contributed by atoms with Gasteiger partial charge in [0.2, 0.25) is 5.91 Å². The lowest BCUT2D eigenvalue weighted by atomic mass is 9.90. The van der Waals surface area contributed by atoms with Crippen LogP contribution < -0.4 is 11.1 Å². The first-order valence-electron chi connectivity index (χ1n) is 9.38. The van der Waals surface area contributed by atoms with Crippen LogP contribution in [0.4, 0.5) is 0 Å². The molecule has 1 aliphatic rings. The van der Waals surface area contributed by atoms with E-state index in [4.69, 9.17) is 5.73 Å². The average molecular weight is 401 g/mol. The predicted molar refractivity (Wildman–Crippen MR) is 111 cm³/mol. The second-order valence-electron chi connectivity index (χ2n) is 8.48. The first kappa shape index (κ1) is 23.9. The van der Waals surface area contributed by atoms with Crippen molar-refractivity contribution in [1.82, 2.24) is 14.5 Å². The lowest BCUT2D eigenvalue weighted by Gasteiger charge is -2.39. The SMILES string of the molecule is CSN1CCC[C@@H](CN(C)C(C)(C)C(=O)NC(=O)C=C(N)C(C)(C)CO)C1. The molecule has 0 radical (unpaired) electrons. The Balaban J connectivity index is 2.68. The number of aliphatic hydroxyl groups excluding tert-OH is 1. The Morgan fingerprint density at radius 2 is 2.00 bits per heavy atom. The van der Waals surface area contributed by atoms with Gasteiger partial charge in [-0.25, -0.2) is 0 Å². The van der Waals surface area contributed by atoms with Crippen LogP contribution in [0.3, 0.4) is 0 Å². The van der Waals surface area contributed by atoms with Gasteiger partial charge < -0.3 is 10.8 Å². The van der Waals surface area contributed by atoms with Crippen molar-refractivity contribution < 1.29 is 14.7 Å². The van der Waals surface area contributed by atoms with E-state index in [9.17, 15) is 14.7 Å². The summed E-state index contributed by atoms with van der Waals surface area (Å²) in [6.07, 6.45) is 5.58. The van der Waals surface area contributed by atoms with Gasteiger partial charge in [0.15, 0.2) is 0 Å². The van der Waals surface area contributed by atoms with E-state index in [0.717, 1.165) is 32.5 Å². The van der Waals surface area contributed by atoms with E-state index in [0.29, 0.717) is 5.92 Å². The molecule has 1 fully saturated rings. The van der Waals surface area contributed by atoms with Crippen LogP contribution in [0.5, 0.6) is 0 Å². The average Bonchev–Trinajstić information content (AvgIpc) is 2.61. The zero-order valence-corrected chi connectivity index (χ0v) is 18.4. The van der Waals surface area contributed by atoms with Crippen molar-refractivity contribution in [2.75, 3.05) is 39.5 Å². The number of piperidine rings is 1. The highest BCUT2D eigenvalue weighted by Crippen LogP contribution is 2.24. The smallest absolute Gasteiger partial charge is 0.252 e. The number of carbonyl (C=O) groups is 2. The molecule has 1 rings (SSSR count). The van der Waals surface area contributed by atoms with Crippen LogP contribution in [0.1, 0.15) is 40.5 Å². The Morgan fingerprint density at radius 3 is 2.56 bits per heavy atom. The summed E-state index contributed by atoms with van der Waals surface area (Å²) in [5, 5.41) is 11.7. The molecule has 4 N–H and O–H groups in total. The van der Waals surface area contributed by atoms with Gasteiger partial charge in [0.25, 0.3) is 5.91 Å². The second kappa shape index (κ2) is 9.91. The monoisotopic (exact) mass is 400 g/mol. The number of nitrogens with one attached hydrogen (secondary N) is 1. The summed E-state index contributed by atoms with van der Waals surface area (Å²) >= 11 is 1.76. The maximum atomic E-state index is 12.7. The minimum Gasteiger partial charge on any atom is -0.401 e. The Kier molecular flexibility index (Phi) is 8.79. The number of hydrogen-bond donors (Lipinski definition) is 3. The number of hydrogen-bond acceptors (Lipinski definition) is 7. The highest BCUT2D eigenvalue weighted by Gasteiger charge is 2.35. The quantitative estimate of drug-likeness (QED) is 0.416.